The third kappa shape index (κ3) is 18.8. The molecule has 0 radical (unpaired) electrons. The third-order valence-corrected chi connectivity index (χ3v) is 8.94. The van der Waals surface area contributed by atoms with Crippen LogP contribution < -0.4 is 30.0 Å². The minimum atomic E-state index is -0.577. The smallest absolute Gasteiger partial charge is 0.323 e. The number of carbonyl (C=O) groups excluding carboxylic acids is 1. The van der Waals surface area contributed by atoms with Crippen LogP contribution in [0.1, 0.15) is 61.4 Å². The number of hydrogen-bond acceptors (Lipinski definition) is 17. The number of methoxy groups -OCH3 is 2. The van der Waals surface area contributed by atoms with Gasteiger partial charge in [-0.1, -0.05) is 33.8 Å². The summed E-state index contributed by atoms with van der Waals surface area (Å²) >= 11 is 0. The lowest BCUT2D eigenvalue weighted by Crippen LogP contribution is -2.16. The van der Waals surface area contributed by atoms with Gasteiger partial charge in [-0.2, -0.15) is 9.97 Å². The Kier molecular flexibility index (Phi) is 25.2. The van der Waals surface area contributed by atoms with E-state index in [9.17, 15) is 4.79 Å². The summed E-state index contributed by atoms with van der Waals surface area (Å²) in [5, 5.41) is 2.71. The van der Waals surface area contributed by atoms with Crippen LogP contribution in [-0.2, 0) is 49.7 Å². The van der Waals surface area contributed by atoms with E-state index in [1.807, 2.05) is 20.8 Å². The second-order valence-electron chi connectivity index (χ2n) is 13.8. The molecule has 0 fully saturated rings. The van der Waals surface area contributed by atoms with E-state index >= 15 is 0 Å². The van der Waals surface area contributed by atoms with Crippen molar-refractivity contribution in [2.75, 3.05) is 138 Å². The number of furan rings is 1. The first kappa shape index (κ1) is 51.2. The number of nitrogens with two attached hydrogens (primary N) is 1. The summed E-state index contributed by atoms with van der Waals surface area (Å²) in [6.07, 6.45) is 2.13. The van der Waals surface area contributed by atoms with E-state index in [1.54, 1.807) is 6.07 Å². The minimum absolute atomic E-state index is 0.0127. The second-order valence-corrected chi connectivity index (χ2v) is 13.8. The van der Waals surface area contributed by atoms with Crippen molar-refractivity contribution in [3.8, 4) is 29.5 Å². The SMILES string of the molecule is CC.COc1nc(OCCOCCOCCOCCOCCOCCOCCOCCOCCN)nc(OC)c1NC(=O)c1ccc(Oc2cc3c(cc2C)CCC3(C)C)o1. The average Bonchev–Trinajstić information content (AvgIpc) is 3.86. The summed E-state index contributed by atoms with van der Waals surface area (Å²) in [6.45, 7) is 18.5. The number of fused-ring (bicyclic) bond motifs is 1. The Morgan fingerprint density at radius 1 is 0.705 bits per heavy atom. The summed E-state index contributed by atoms with van der Waals surface area (Å²) in [4.78, 5) is 21.7. The standard InChI is InChI=1S/C41H62N4O14.C2H6/c1-30-28-31-8-9-41(2,3)32(31)29-34(30)59-35-7-6-33(58-35)37(46)43-36-38(47-4)44-40(45-39(36)48-5)57-27-26-56-25-24-55-23-22-54-21-20-53-19-18-52-17-16-51-15-14-50-13-12-49-11-10-42;1-2/h6-7,28-29H,8-27,42H2,1-5H3,(H,43,46);1-2H3. The summed E-state index contributed by atoms with van der Waals surface area (Å²) in [7, 11) is 2.81. The van der Waals surface area contributed by atoms with Gasteiger partial charge < -0.3 is 72.3 Å². The van der Waals surface area contributed by atoms with Gasteiger partial charge in [0, 0.05) is 12.6 Å². The number of carbonyl (C=O) groups is 1. The Hall–Kier alpha value is -4.11. The van der Waals surface area contributed by atoms with E-state index < -0.39 is 5.91 Å². The highest BCUT2D eigenvalue weighted by Crippen LogP contribution is 2.42. The number of nitrogens with one attached hydrogen (secondary N) is 1. The highest BCUT2D eigenvalue weighted by molar-refractivity contribution is 6.03. The molecule has 0 aliphatic heterocycles. The van der Waals surface area contributed by atoms with Crippen LogP contribution in [0.3, 0.4) is 0 Å². The molecular formula is C43H68N4O14. The van der Waals surface area contributed by atoms with Gasteiger partial charge in [-0.05, 0) is 54.0 Å². The molecule has 1 aliphatic rings. The van der Waals surface area contributed by atoms with Crippen molar-refractivity contribution in [1.82, 2.24) is 9.97 Å². The maximum Gasteiger partial charge on any atom is 0.323 e. The van der Waals surface area contributed by atoms with Crippen LogP contribution in [0.2, 0.25) is 0 Å². The number of anilines is 1. The van der Waals surface area contributed by atoms with Crippen LogP contribution >= 0.6 is 0 Å². The second kappa shape index (κ2) is 30.0. The Balaban J connectivity index is 0.00000489. The Labute approximate surface area is 360 Å². The van der Waals surface area contributed by atoms with Crippen LogP contribution in [0, 0.1) is 6.92 Å². The van der Waals surface area contributed by atoms with E-state index in [-0.39, 0.29) is 53.8 Å². The number of hydrogen-bond donors (Lipinski definition) is 2. The van der Waals surface area contributed by atoms with Gasteiger partial charge in [-0.15, -0.1) is 0 Å². The molecule has 61 heavy (non-hydrogen) atoms. The lowest BCUT2D eigenvalue weighted by molar-refractivity contribution is -0.0235. The number of amides is 1. The Bertz CT molecular complexity index is 1630. The molecule has 18 heteroatoms. The van der Waals surface area contributed by atoms with E-state index in [0.717, 1.165) is 18.4 Å². The number of ether oxygens (including phenoxy) is 12. The molecule has 3 N–H and O–H groups in total. The molecule has 0 spiro atoms. The van der Waals surface area contributed by atoms with Crippen LogP contribution in [0.4, 0.5) is 5.69 Å². The van der Waals surface area contributed by atoms with Gasteiger partial charge in [0.2, 0.25) is 11.8 Å². The Morgan fingerprint density at radius 3 is 1.62 bits per heavy atom. The van der Waals surface area contributed by atoms with Gasteiger partial charge in [0.25, 0.3) is 11.9 Å². The molecular weight excluding hydrogens is 796 g/mol. The van der Waals surface area contributed by atoms with E-state index in [4.69, 9.17) is 67.0 Å². The Morgan fingerprint density at radius 2 is 1.16 bits per heavy atom. The molecule has 4 rings (SSSR count). The van der Waals surface area contributed by atoms with E-state index in [2.05, 4.69) is 41.3 Å². The fraction of sp³-hybridized carbons (Fsp3) is 0.651. The first-order valence-electron chi connectivity index (χ1n) is 20.9. The molecule has 1 amide bonds. The van der Waals surface area contributed by atoms with Gasteiger partial charge in [-0.3, -0.25) is 4.79 Å². The monoisotopic (exact) mass is 864 g/mol. The van der Waals surface area contributed by atoms with Gasteiger partial charge in [0.05, 0.1) is 120 Å². The number of rotatable bonds is 33. The summed E-state index contributed by atoms with van der Waals surface area (Å²) < 4.78 is 71.9. The maximum absolute atomic E-state index is 13.2. The predicted molar refractivity (Wildman–Crippen MR) is 227 cm³/mol. The zero-order chi connectivity index (χ0) is 44.1. The quantitative estimate of drug-likeness (QED) is 0.0759. The molecule has 0 bridgehead atoms. The van der Waals surface area contributed by atoms with Gasteiger partial charge in [0.15, 0.2) is 11.4 Å². The van der Waals surface area contributed by atoms with Crippen LogP contribution in [0.25, 0.3) is 0 Å². The van der Waals surface area contributed by atoms with Crippen molar-refractivity contribution < 1.29 is 66.1 Å². The first-order valence-corrected chi connectivity index (χ1v) is 20.9. The van der Waals surface area contributed by atoms with Gasteiger partial charge in [-0.25, -0.2) is 0 Å². The number of aryl methyl sites for hydroxylation is 2. The van der Waals surface area contributed by atoms with Gasteiger partial charge in [0.1, 0.15) is 12.4 Å². The lowest BCUT2D eigenvalue weighted by atomic mass is 9.86. The number of aromatic nitrogens is 2. The molecule has 0 atom stereocenters. The van der Waals surface area contributed by atoms with Gasteiger partial charge >= 0.3 is 6.01 Å². The van der Waals surface area contributed by atoms with Crippen molar-refractivity contribution in [1.29, 1.82) is 0 Å². The summed E-state index contributed by atoms with van der Waals surface area (Å²) in [5.41, 5.74) is 9.12. The van der Waals surface area contributed by atoms with Crippen molar-refractivity contribution in [3.05, 3.63) is 46.7 Å². The lowest BCUT2D eigenvalue weighted by Gasteiger charge is -2.20. The fourth-order valence-electron chi connectivity index (χ4n) is 5.84. The van der Waals surface area contributed by atoms with E-state index in [1.165, 1.54) is 31.4 Å². The van der Waals surface area contributed by atoms with Crippen molar-refractivity contribution >= 4 is 11.6 Å². The zero-order valence-electron chi connectivity index (χ0n) is 37.1. The number of benzene rings is 1. The van der Waals surface area contributed by atoms with Crippen LogP contribution in [-0.4, -0.2) is 149 Å². The largest absolute Gasteiger partial charge is 0.479 e. The highest BCUT2D eigenvalue weighted by atomic mass is 16.6. The van der Waals surface area contributed by atoms with Crippen LogP contribution in [0.5, 0.6) is 29.5 Å². The van der Waals surface area contributed by atoms with Crippen molar-refractivity contribution in [2.45, 2.75) is 52.9 Å². The molecule has 3 aromatic rings. The molecule has 0 unspecified atom stereocenters. The highest BCUT2D eigenvalue weighted by Gasteiger charge is 2.31. The van der Waals surface area contributed by atoms with Crippen LogP contribution in [0.15, 0.2) is 28.7 Å². The zero-order valence-corrected chi connectivity index (χ0v) is 37.1. The molecule has 2 aromatic heterocycles. The molecule has 18 nitrogen and oxygen atoms in total. The van der Waals surface area contributed by atoms with Crippen molar-refractivity contribution in [2.24, 2.45) is 5.73 Å². The summed E-state index contributed by atoms with van der Waals surface area (Å²) in [6, 6.07) is 7.33. The predicted octanol–water partition coefficient (Wildman–Crippen LogP) is 5.16. The molecule has 1 aliphatic carbocycles. The molecule has 0 saturated carbocycles. The topological polar surface area (TPSA) is 205 Å². The third-order valence-electron chi connectivity index (χ3n) is 8.94. The maximum atomic E-state index is 13.2. The van der Waals surface area contributed by atoms with E-state index in [0.29, 0.717) is 111 Å². The summed E-state index contributed by atoms with van der Waals surface area (Å²) in [5.74, 6) is 0.377. The molecule has 2 heterocycles. The molecule has 344 valence electrons. The molecule has 1 aromatic carbocycles. The molecule has 0 saturated heterocycles. The fourth-order valence-corrected chi connectivity index (χ4v) is 5.84. The normalized spacial score (nSPS) is 12.7. The van der Waals surface area contributed by atoms with Crippen molar-refractivity contribution in [3.63, 3.8) is 0 Å². The average molecular weight is 865 g/mol. The number of nitrogens with zero attached hydrogens (tertiary/aromatic N) is 2. The minimum Gasteiger partial charge on any atom is -0.479 e. The first-order chi connectivity index (χ1) is 29.7.